The highest BCUT2D eigenvalue weighted by molar-refractivity contribution is 5.95. The summed E-state index contributed by atoms with van der Waals surface area (Å²) in [6, 6.07) is 7.13. The van der Waals surface area contributed by atoms with E-state index in [4.69, 9.17) is 10.5 Å². The first-order valence-corrected chi connectivity index (χ1v) is 8.68. The van der Waals surface area contributed by atoms with Crippen molar-refractivity contribution in [1.82, 2.24) is 10.2 Å². The molecule has 0 radical (unpaired) electrons. The van der Waals surface area contributed by atoms with Gasteiger partial charge in [0.15, 0.2) is 0 Å². The first kappa shape index (κ1) is 19.4. The van der Waals surface area contributed by atoms with Crippen molar-refractivity contribution >= 4 is 17.5 Å². The Bertz CT molecular complexity index is 568. The molecule has 0 unspecified atom stereocenters. The Morgan fingerprint density at radius 3 is 2.44 bits per heavy atom. The molecular weight excluding hydrogens is 320 g/mol. The molecule has 1 aromatic carbocycles. The molecule has 1 aromatic rings. The second kappa shape index (κ2) is 9.50. The summed E-state index contributed by atoms with van der Waals surface area (Å²) < 4.78 is 5.34. The van der Waals surface area contributed by atoms with E-state index < -0.39 is 6.04 Å². The molecule has 25 heavy (non-hydrogen) atoms. The lowest BCUT2D eigenvalue weighted by molar-refractivity contribution is -0.125. The van der Waals surface area contributed by atoms with E-state index in [0.29, 0.717) is 5.69 Å². The summed E-state index contributed by atoms with van der Waals surface area (Å²) in [4.78, 5) is 26.0. The van der Waals surface area contributed by atoms with Crippen LogP contribution < -0.4 is 16.4 Å². The van der Waals surface area contributed by atoms with Crippen molar-refractivity contribution in [2.24, 2.45) is 11.7 Å². The molecule has 0 aromatic heterocycles. The summed E-state index contributed by atoms with van der Waals surface area (Å²) in [7, 11) is 0. The second-order valence-corrected chi connectivity index (χ2v) is 6.62. The highest BCUT2D eigenvalue weighted by atomic mass is 16.5. The van der Waals surface area contributed by atoms with Crippen molar-refractivity contribution in [3.05, 3.63) is 29.8 Å². The summed E-state index contributed by atoms with van der Waals surface area (Å²) in [5.74, 6) is -0.557. The minimum absolute atomic E-state index is 0.0297. The number of rotatable bonds is 7. The van der Waals surface area contributed by atoms with Crippen molar-refractivity contribution in [2.75, 3.05) is 38.2 Å². The van der Waals surface area contributed by atoms with Crippen LogP contribution in [0.5, 0.6) is 0 Å². The summed E-state index contributed by atoms with van der Waals surface area (Å²) in [6.07, 6.45) is 0. The van der Waals surface area contributed by atoms with Gasteiger partial charge in [0.1, 0.15) is 0 Å². The Hall–Kier alpha value is -1.96. The second-order valence-electron chi connectivity index (χ2n) is 6.62. The fraction of sp³-hybridized carbons (Fsp3) is 0.556. The van der Waals surface area contributed by atoms with Crippen molar-refractivity contribution in [2.45, 2.75) is 26.4 Å². The van der Waals surface area contributed by atoms with Gasteiger partial charge in [0.2, 0.25) is 11.8 Å². The smallest absolute Gasteiger partial charge is 0.243 e. The van der Waals surface area contributed by atoms with E-state index in [1.54, 1.807) is 0 Å². The van der Waals surface area contributed by atoms with Gasteiger partial charge in [-0.2, -0.15) is 0 Å². The number of benzene rings is 1. The Kier molecular flexibility index (Phi) is 7.36. The molecule has 4 N–H and O–H groups in total. The number of morpholine rings is 1. The number of ether oxygens (including phenoxy) is 1. The quantitative estimate of drug-likeness (QED) is 0.669. The Morgan fingerprint density at radius 1 is 1.20 bits per heavy atom. The average Bonchev–Trinajstić information content (AvgIpc) is 2.61. The van der Waals surface area contributed by atoms with E-state index in [2.05, 4.69) is 15.5 Å². The lowest BCUT2D eigenvalue weighted by Crippen LogP contribution is -2.46. The number of hydrogen-bond donors (Lipinski definition) is 3. The number of amides is 2. The topological polar surface area (TPSA) is 96.7 Å². The summed E-state index contributed by atoms with van der Waals surface area (Å²) in [5.41, 5.74) is 7.63. The van der Waals surface area contributed by atoms with E-state index in [1.165, 1.54) is 5.56 Å². The van der Waals surface area contributed by atoms with Gasteiger partial charge in [-0.25, -0.2) is 0 Å². The van der Waals surface area contributed by atoms with Gasteiger partial charge < -0.3 is 21.1 Å². The van der Waals surface area contributed by atoms with Crippen LogP contribution in [0.25, 0.3) is 0 Å². The fourth-order valence-corrected chi connectivity index (χ4v) is 2.50. The van der Waals surface area contributed by atoms with Gasteiger partial charge in [-0.1, -0.05) is 26.0 Å². The summed E-state index contributed by atoms with van der Waals surface area (Å²) >= 11 is 0. The molecule has 1 aliphatic heterocycles. The molecule has 1 fully saturated rings. The maximum Gasteiger partial charge on any atom is 0.243 e. The van der Waals surface area contributed by atoms with Crippen LogP contribution in [0.15, 0.2) is 24.3 Å². The molecule has 1 saturated heterocycles. The summed E-state index contributed by atoms with van der Waals surface area (Å²) in [5, 5.41) is 5.32. The van der Waals surface area contributed by atoms with Gasteiger partial charge in [-0.3, -0.25) is 14.5 Å². The van der Waals surface area contributed by atoms with Crippen molar-refractivity contribution in [1.29, 1.82) is 0 Å². The highest BCUT2D eigenvalue weighted by Gasteiger charge is 2.17. The van der Waals surface area contributed by atoms with Crippen LogP contribution in [-0.2, 0) is 20.9 Å². The molecule has 0 aliphatic carbocycles. The molecule has 1 aliphatic rings. The van der Waals surface area contributed by atoms with E-state index in [-0.39, 0.29) is 24.3 Å². The number of nitrogens with two attached hydrogens (primary N) is 1. The minimum Gasteiger partial charge on any atom is -0.379 e. The minimum atomic E-state index is -0.604. The van der Waals surface area contributed by atoms with Crippen molar-refractivity contribution in [3.8, 4) is 0 Å². The lowest BCUT2D eigenvalue weighted by Gasteiger charge is -2.26. The van der Waals surface area contributed by atoms with Crippen LogP contribution in [0, 0.1) is 5.92 Å². The normalized spacial score (nSPS) is 16.5. The molecular formula is C18H28N4O3. The molecule has 0 bridgehead atoms. The maximum atomic E-state index is 11.9. The predicted octanol–water partition coefficient (Wildman–Crippen LogP) is 0.557. The lowest BCUT2D eigenvalue weighted by atomic mass is 10.1. The van der Waals surface area contributed by atoms with E-state index in [0.717, 1.165) is 32.8 Å². The SMILES string of the molecule is CC(C)[C@H](N)C(=O)NCC(=O)Nc1ccc(CN2CCOCC2)cc1. The number of carbonyl (C=O) groups excluding carboxylic acids is 2. The molecule has 7 heteroatoms. The third kappa shape index (κ3) is 6.45. The molecule has 7 nitrogen and oxygen atoms in total. The average molecular weight is 348 g/mol. The standard InChI is InChI=1S/C18H28N4O3/c1-13(2)17(19)18(24)20-11-16(23)21-15-5-3-14(4-6-15)12-22-7-9-25-10-8-22/h3-6,13,17H,7-12,19H2,1-2H3,(H,20,24)(H,21,23)/t17-/m0/s1. The molecule has 138 valence electrons. The van der Waals surface area contributed by atoms with E-state index in [1.807, 2.05) is 38.1 Å². The van der Waals surface area contributed by atoms with Gasteiger partial charge in [0.25, 0.3) is 0 Å². The summed E-state index contributed by atoms with van der Waals surface area (Å²) in [6.45, 7) is 7.95. The molecule has 0 saturated carbocycles. The molecule has 1 atom stereocenters. The third-order valence-corrected chi connectivity index (χ3v) is 4.19. The Morgan fingerprint density at radius 2 is 1.84 bits per heavy atom. The Labute approximate surface area is 148 Å². The number of hydrogen-bond acceptors (Lipinski definition) is 5. The van der Waals surface area contributed by atoms with Crippen LogP contribution in [0.3, 0.4) is 0 Å². The van der Waals surface area contributed by atoms with Crippen LogP contribution >= 0.6 is 0 Å². The molecule has 1 heterocycles. The van der Waals surface area contributed by atoms with Gasteiger partial charge in [0.05, 0.1) is 25.8 Å². The predicted molar refractivity (Wildman–Crippen MR) is 97.0 cm³/mol. The number of nitrogens with zero attached hydrogens (tertiary/aromatic N) is 1. The zero-order chi connectivity index (χ0) is 18.2. The van der Waals surface area contributed by atoms with Crippen molar-refractivity contribution in [3.63, 3.8) is 0 Å². The zero-order valence-electron chi connectivity index (χ0n) is 15.0. The monoisotopic (exact) mass is 348 g/mol. The van der Waals surface area contributed by atoms with Gasteiger partial charge >= 0.3 is 0 Å². The van der Waals surface area contributed by atoms with Gasteiger partial charge in [-0.15, -0.1) is 0 Å². The number of carbonyl (C=O) groups is 2. The largest absolute Gasteiger partial charge is 0.379 e. The van der Waals surface area contributed by atoms with Gasteiger partial charge in [-0.05, 0) is 23.6 Å². The molecule has 2 rings (SSSR count). The van der Waals surface area contributed by atoms with E-state index in [9.17, 15) is 9.59 Å². The van der Waals surface area contributed by atoms with Crippen LogP contribution in [0.2, 0.25) is 0 Å². The fourth-order valence-electron chi connectivity index (χ4n) is 2.50. The van der Waals surface area contributed by atoms with Crippen LogP contribution in [0.4, 0.5) is 5.69 Å². The zero-order valence-corrected chi connectivity index (χ0v) is 15.0. The third-order valence-electron chi connectivity index (χ3n) is 4.19. The van der Waals surface area contributed by atoms with Crippen molar-refractivity contribution < 1.29 is 14.3 Å². The van der Waals surface area contributed by atoms with E-state index >= 15 is 0 Å². The van der Waals surface area contributed by atoms with Crippen LogP contribution in [-0.4, -0.2) is 55.6 Å². The number of anilines is 1. The first-order chi connectivity index (χ1) is 12.0. The molecule has 2 amide bonds. The van der Waals surface area contributed by atoms with Crippen LogP contribution in [0.1, 0.15) is 19.4 Å². The number of nitrogens with one attached hydrogen (secondary N) is 2. The first-order valence-electron chi connectivity index (χ1n) is 8.68. The van der Waals surface area contributed by atoms with Gasteiger partial charge in [0, 0.05) is 25.3 Å². The Balaban J connectivity index is 1.76. The highest BCUT2D eigenvalue weighted by Crippen LogP contribution is 2.12. The maximum absolute atomic E-state index is 11.9. The molecule has 0 spiro atoms.